The quantitative estimate of drug-likeness (QED) is 0.113. The molecule has 1 aliphatic heterocycles. The first-order chi connectivity index (χ1) is 22.2. The summed E-state index contributed by atoms with van der Waals surface area (Å²) in [6, 6.07) is 40.1. The van der Waals surface area contributed by atoms with Crippen molar-refractivity contribution in [3.8, 4) is 0 Å². The molecule has 0 unspecified atom stereocenters. The Bertz CT molecular complexity index is 1340. The fraction of sp³-hybridized carbons (Fsp3) is 0.333. The number of hydrogen-bond donors (Lipinski definition) is 0. The van der Waals surface area contributed by atoms with Gasteiger partial charge in [0.05, 0.1) is 33.0 Å². The maximum atomic E-state index is 6.71. The van der Waals surface area contributed by atoms with Crippen molar-refractivity contribution in [2.75, 3.05) is 20.8 Å². The van der Waals surface area contributed by atoms with E-state index in [4.69, 9.17) is 37.3 Å². The summed E-state index contributed by atoms with van der Waals surface area (Å²) in [5.41, 5.74) is 4.13. The molecule has 0 N–H and O–H groups in total. The van der Waals surface area contributed by atoms with E-state index < -0.39 is 39.3 Å². The third-order valence-corrected chi connectivity index (χ3v) is 8.30. The summed E-state index contributed by atoms with van der Waals surface area (Å²) in [6.45, 7) is 1.68. The highest BCUT2D eigenvalue weighted by Crippen LogP contribution is 2.43. The molecule has 0 aromatic heterocycles. The standard InChI is InChI=1S/C36H41O8P/c1-37-45(38-2)44-36-35(42-26-31-21-13-6-14-22-31)34(41-25-30-19-11-5-12-20-30)33(40-24-29-17-9-4-10-18-29)32(43-36)27-39-23-28-15-7-3-8-16-28/h3-22,32-36H,23-27H2,1-2H3/t32-,33-,34+,35-,36-/m1/s1. The fourth-order valence-corrected chi connectivity index (χ4v) is 5.74. The van der Waals surface area contributed by atoms with Crippen LogP contribution in [-0.4, -0.2) is 51.5 Å². The van der Waals surface area contributed by atoms with Crippen molar-refractivity contribution >= 4 is 8.60 Å². The zero-order valence-electron chi connectivity index (χ0n) is 25.7. The van der Waals surface area contributed by atoms with Crippen molar-refractivity contribution < 1.29 is 37.3 Å². The van der Waals surface area contributed by atoms with Crippen LogP contribution in [0.5, 0.6) is 0 Å². The molecular weight excluding hydrogens is 591 g/mol. The molecule has 0 spiro atoms. The van der Waals surface area contributed by atoms with Gasteiger partial charge < -0.3 is 32.7 Å². The highest BCUT2D eigenvalue weighted by molar-refractivity contribution is 7.41. The Balaban J connectivity index is 1.44. The summed E-state index contributed by atoms with van der Waals surface area (Å²) in [5, 5.41) is 0. The number of rotatable bonds is 17. The molecular formula is C36H41O8P. The highest BCUT2D eigenvalue weighted by Gasteiger charge is 2.50. The summed E-state index contributed by atoms with van der Waals surface area (Å²) in [6.07, 6.45) is -3.27. The molecule has 1 aliphatic rings. The van der Waals surface area contributed by atoms with Crippen LogP contribution in [0.25, 0.3) is 0 Å². The summed E-state index contributed by atoms with van der Waals surface area (Å²) >= 11 is 0. The Labute approximate surface area is 267 Å². The molecule has 5 atom stereocenters. The van der Waals surface area contributed by atoms with Crippen LogP contribution >= 0.6 is 8.60 Å². The van der Waals surface area contributed by atoms with Crippen LogP contribution in [0.1, 0.15) is 22.3 Å². The van der Waals surface area contributed by atoms with Crippen molar-refractivity contribution in [3.63, 3.8) is 0 Å². The van der Waals surface area contributed by atoms with E-state index in [0.29, 0.717) is 26.4 Å². The van der Waals surface area contributed by atoms with Crippen LogP contribution in [0.3, 0.4) is 0 Å². The summed E-state index contributed by atoms with van der Waals surface area (Å²) < 4.78 is 50.0. The lowest BCUT2D eigenvalue weighted by Crippen LogP contribution is -2.61. The number of ether oxygens (including phenoxy) is 5. The van der Waals surface area contributed by atoms with Gasteiger partial charge in [0.25, 0.3) is 0 Å². The first-order valence-electron chi connectivity index (χ1n) is 15.0. The topological polar surface area (TPSA) is 73.8 Å². The maximum absolute atomic E-state index is 6.71. The largest absolute Gasteiger partial charge is 0.374 e. The average molecular weight is 633 g/mol. The van der Waals surface area contributed by atoms with Crippen LogP contribution in [0.2, 0.25) is 0 Å². The highest BCUT2D eigenvalue weighted by atomic mass is 31.2. The molecule has 1 saturated heterocycles. The van der Waals surface area contributed by atoms with E-state index in [1.807, 2.05) is 121 Å². The molecule has 4 aromatic rings. The molecule has 5 rings (SSSR count). The Morgan fingerprint density at radius 1 is 0.511 bits per heavy atom. The Kier molecular flexibility index (Phi) is 13.5. The van der Waals surface area contributed by atoms with Gasteiger partial charge in [-0.2, -0.15) is 0 Å². The lowest BCUT2D eigenvalue weighted by molar-refractivity contribution is -0.311. The lowest BCUT2D eigenvalue weighted by atomic mass is 9.98. The normalized spacial score (nSPS) is 21.6. The lowest BCUT2D eigenvalue weighted by Gasteiger charge is -2.46. The van der Waals surface area contributed by atoms with Crippen LogP contribution < -0.4 is 0 Å². The van der Waals surface area contributed by atoms with Gasteiger partial charge in [-0.25, -0.2) is 0 Å². The number of benzene rings is 4. The smallest absolute Gasteiger partial charge is 0.334 e. The Morgan fingerprint density at radius 2 is 0.911 bits per heavy atom. The minimum absolute atomic E-state index is 0.239. The van der Waals surface area contributed by atoms with Crippen molar-refractivity contribution in [2.24, 2.45) is 0 Å². The third kappa shape index (κ3) is 10.2. The average Bonchev–Trinajstić information content (AvgIpc) is 3.10. The van der Waals surface area contributed by atoms with Crippen molar-refractivity contribution in [1.82, 2.24) is 0 Å². The Morgan fingerprint density at radius 3 is 1.36 bits per heavy atom. The molecule has 0 aliphatic carbocycles. The molecule has 45 heavy (non-hydrogen) atoms. The SMILES string of the molecule is COP(OC)O[C@H]1O[C@H](COCc2ccccc2)[C@@H](OCc2ccccc2)[C@H](OCc2ccccc2)[C@H]1OCc1ccccc1. The van der Waals surface area contributed by atoms with Crippen LogP contribution in [-0.2, 0) is 63.7 Å². The van der Waals surface area contributed by atoms with Gasteiger partial charge in [-0.15, -0.1) is 0 Å². The van der Waals surface area contributed by atoms with E-state index in [-0.39, 0.29) is 6.61 Å². The van der Waals surface area contributed by atoms with E-state index in [0.717, 1.165) is 22.3 Å². The second kappa shape index (κ2) is 18.2. The second-order valence-corrected chi connectivity index (χ2v) is 11.9. The maximum Gasteiger partial charge on any atom is 0.334 e. The molecule has 0 bridgehead atoms. The molecule has 4 aromatic carbocycles. The Hall–Kier alpha value is -3.01. The predicted molar refractivity (Wildman–Crippen MR) is 172 cm³/mol. The molecule has 9 heteroatoms. The third-order valence-electron chi connectivity index (χ3n) is 7.33. The van der Waals surface area contributed by atoms with E-state index in [9.17, 15) is 0 Å². The second-order valence-electron chi connectivity index (χ2n) is 10.5. The van der Waals surface area contributed by atoms with Crippen molar-refractivity contribution in [1.29, 1.82) is 0 Å². The van der Waals surface area contributed by atoms with Crippen molar-refractivity contribution in [3.05, 3.63) is 144 Å². The summed E-state index contributed by atoms with van der Waals surface area (Å²) in [4.78, 5) is 0. The molecule has 0 amide bonds. The van der Waals surface area contributed by atoms with Gasteiger partial charge in [-0.1, -0.05) is 121 Å². The van der Waals surface area contributed by atoms with Crippen LogP contribution in [0.4, 0.5) is 0 Å². The van der Waals surface area contributed by atoms with E-state index in [1.54, 1.807) is 0 Å². The summed E-state index contributed by atoms with van der Waals surface area (Å²) in [5.74, 6) is 0. The minimum atomic E-state index is -1.71. The molecule has 0 saturated carbocycles. The van der Waals surface area contributed by atoms with Crippen molar-refractivity contribution in [2.45, 2.75) is 57.1 Å². The van der Waals surface area contributed by atoms with Crippen LogP contribution in [0.15, 0.2) is 121 Å². The first kappa shape index (κ1) is 33.4. The van der Waals surface area contributed by atoms with E-state index in [2.05, 4.69) is 0 Å². The van der Waals surface area contributed by atoms with E-state index in [1.165, 1.54) is 14.2 Å². The van der Waals surface area contributed by atoms with Gasteiger partial charge in [0, 0.05) is 14.2 Å². The van der Waals surface area contributed by atoms with E-state index >= 15 is 0 Å². The molecule has 238 valence electrons. The zero-order chi connectivity index (χ0) is 31.1. The van der Waals surface area contributed by atoms with Crippen LogP contribution in [0, 0.1) is 0 Å². The van der Waals surface area contributed by atoms with Gasteiger partial charge in [0.15, 0.2) is 6.29 Å². The summed E-state index contributed by atoms with van der Waals surface area (Å²) in [7, 11) is 1.36. The molecule has 1 heterocycles. The van der Waals surface area contributed by atoms with Gasteiger partial charge >= 0.3 is 8.60 Å². The van der Waals surface area contributed by atoms with Gasteiger partial charge in [0.2, 0.25) is 0 Å². The van der Waals surface area contributed by atoms with Gasteiger partial charge in [0.1, 0.15) is 24.4 Å². The molecule has 1 fully saturated rings. The minimum Gasteiger partial charge on any atom is -0.374 e. The monoisotopic (exact) mass is 632 g/mol. The first-order valence-corrected chi connectivity index (χ1v) is 16.1. The molecule has 0 radical (unpaired) electrons. The predicted octanol–water partition coefficient (Wildman–Crippen LogP) is 7.22. The molecule has 8 nitrogen and oxygen atoms in total. The van der Waals surface area contributed by atoms with Gasteiger partial charge in [-0.05, 0) is 22.3 Å². The fourth-order valence-electron chi connectivity index (χ4n) is 5.08. The number of hydrogen-bond acceptors (Lipinski definition) is 8. The van der Waals surface area contributed by atoms with Gasteiger partial charge in [-0.3, -0.25) is 4.52 Å². The zero-order valence-corrected chi connectivity index (χ0v) is 26.6.